The standard InChI is InChI=1S/C24H20F2N2O4S2/c1-15-13-17(7-9-21(15)25)33(29,30)27-23-11-12-24(20-6-4-3-5-19(20)23)28-34(31,32)18-8-10-22(26)16(2)14-18/h3-14,27-28H,1-2H3. The van der Waals surface area contributed by atoms with Crippen molar-refractivity contribution in [3.8, 4) is 0 Å². The lowest BCUT2D eigenvalue weighted by Crippen LogP contribution is -2.15. The SMILES string of the molecule is Cc1cc(S(=O)(=O)Nc2ccc(NS(=O)(=O)c3ccc(F)c(C)c3)c3ccccc23)ccc1F. The highest BCUT2D eigenvalue weighted by Gasteiger charge is 2.20. The molecule has 0 fully saturated rings. The molecule has 0 saturated carbocycles. The third-order valence-corrected chi connectivity index (χ3v) is 8.02. The van der Waals surface area contributed by atoms with Crippen molar-refractivity contribution < 1.29 is 25.6 Å². The number of sulfonamides is 2. The van der Waals surface area contributed by atoms with Gasteiger partial charge in [-0.05, 0) is 73.5 Å². The summed E-state index contributed by atoms with van der Waals surface area (Å²) < 4.78 is 83.7. The molecule has 4 aromatic carbocycles. The summed E-state index contributed by atoms with van der Waals surface area (Å²) in [6.45, 7) is 2.93. The molecule has 0 aromatic heterocycles. The monoisotopic (exact) mass is 502 g/mol. The second-order valence-corrected chi connectivity index (χ2v) is 11.1. The van der Waals surface area contributed by atoms with Crippen LogP contribution in [0.25, 0.3) is 10.8 Å². The van der Waals surface area contributed by atoms with Crippen molar-refractivity contribution in [2.75, 3.05) is 9.44 Å². The smallest absolute Gasteiger partial charge is 0.261 e. The van der Waals surface area contributed by atoms with Gasteiger partial charge in [0.2, 0.25) is 0 Å². The Kier molecular flexibility index (Phi) is 6.05. The van der Waals surface area contributed by atoms with Crippen molar-refractivity contribution in [1.29, 1.82) is 0 Å². The lowest BCUT2D eigenvalue weighted by atomic mass is 10.1. The first-order chi connectivity index (χ1) is 16.0. The van der Waals surface area contributed by atoms with E-state index in [0.717, 1.165) is 12.1 Å². The zero-order chi connectivity index (χ0) is 24.7. The Bertz CT molecular complexity index is 1510. The molecule has 10 heteroatoms. The minimum atomic E-state index is -4.03. The fraction of sp³-hybridized carbons (Fsp3) is 0.0833. The maximum atomic E-state index is 13.6. The number of halogens is 2. The molecule has 4 rings (SSSR count). The van der Waals surface area contributed by atoms with Crippen molar-refractivity contribution in [2.24, 2.45) is 0 Å². The summed E-state index contributed by atoms with van der Waals surface area (Å²) in [6.07, 6.45) is 0. The van der Waals surface area contributed by atoms with Crippen LogP contribution in [0.15, 0.2) is 82.6 Å². The van der Waals surface area contributed by atoms with E-state index in [1.54, 1.807) is 24.3 Å². The van der Waals surface area contributed by atoms with Crippen LogP contribution in [0.4, 0.5) is 20.2 Å². The zero-order valence-corrected chi connectivity index (χ0v) is 19.8. The first kappa shape index (κ1) is 23.7. The maximum Gasteiger partial charge on any atom is 0.261 e. The molecule has 6 nitrogen and oxygen atoms in total. The Morgan fingerprint density at radius 1 is 0.588 bits per heavy atom. The Morgan fingerprint density at radius 2 is 0.971 bits per heavy atom. The zero-order valence-electron chi connectivity index (χ0n) is 18.1. The number of anilines is 2. The highest BCUT2D eigenvalue weighted by molar-refractivity contribution is 7.93. The Labute approximate surface area is 196 Å². The van der Waals surface area contributed by atoms with Crippen molar-refractivity contribution >= 4 is 42.2 Å². The van der Waals surface area contributed by atoms with Crippen LogP contribution in [0.2, 0.25) is 0 Å². The van der Waals surface area contributed by atoms with Gasteiger partial charge in [-0.15, -0.1) is 0 Å². The fourth-order valence-corrected chi connectivity index (χ4v) is 5.78. The van der Waals surface area contributed by atoms with E-state index in [2.05, 4.69) is 9.44 Å². The maximum absolute atomic E-state index is 13.6. The van der Waals surface area contributed by atoms with E-state index in [4.69, 9.17) is 0 Å². The second kappa shape index (κ2) is 8.69. The molecule has 0 bridgehead atoms. The van der Waals surface area contributed by atoms with E-state index in [9.17, 15) is 25.6 Å². The van der Waals surface area contributed by atoms with E-state index in [-0.39, 0.29) is 32.3 Å². The predicted octanol–water partition coefficient (Wildman–Crippen LogP) is 5.34. The number of nitrogens with one attached hydrogen (secondary N) is 2. The molecule has 0 saturated heterocycles. The van der Waals surface area contributed by atoms with E-state index in [0.29, 0.717) is 10.8 Å². The van der Waals surface area contributed by atoms with Crippen LogP contribution in [-0.2, 0) is 20.0 Å². The number of aryl methyl sites for hydroxylation is 2. The van der Waals surface area contributed by atoms with Gasteiger partial charge in [0.05, 0.1) is 21.2 Å². The molecular weight excluding hydrogens is 482 g/mol. The second-order valence-electron chi connectivity index (χ2n) is 7.74. The molecule has 0 spiro atoms. The van der Waals surface area contributed by atoms with Gasteiger partial charge in [0, 0.05) is 10.8 Å². The number of hydrogen-bond donors (Lipinski definition) is 2. The minimum absolute atomic E-state index is 0.105. The number of hydrogen-bond acceptors (Lipinski definition) is 4. The number of rotatable bonds is 6. The first-order valence-electron chi connectivity index (χ1n) is 10.1. The number of fused-ring (bicyclic) bond motifs is 1. The lowest BCUT2D eigenvalue weighted by molar-refractivity contribution is 0.596. The molecule has 34 heavy (non-hydrogen) atoms. The molecular formula is C24H20F2N2O4S2. The van der Waals surface area contributed by atoms with Gasteiger partial charge >= 0.3 is 0 Å². The Morgan fingerprint density at radius 3 is 1.32 bits per heavy atom. The summed E-state index contributed by atoms with van der Waals surface area (Å²) in [5, 5.41) is 0.890. The van der Waals surface area contributed by atoms with Gasteiger partial charge in [-0.2, -0.15) is 0 Å². The van der Waals surface area contributed by atoms with Crippen LogP contribution in [0.5, 0.6) is 0 Å². The van der Waals surface area contributed by atoms with Crippen molar-refractivity contribution in [2.45, 2.75) is 23.6 Å². The van der Waals surface area contributed by atoms with Crippen LogP contribution >= 0.6 is 0 Å². The van der Waals surface area contributed by atoms with E-state index in [1.807, 2.05) is 0 Å². The van der Waals surface area contributed by atoms with Gasteiger partial charge in [-0.3, -0.25) is 9.44 Å². The highest BCUT2D eigenvalue weighted by atomic mass is 32.2. The molecule has 2 N–H and O–H groups in total. The van der Waals surface area contributed by atoms with Gasteiger partial charge in [-0.25, -0.2) is 25.6 Å². The summed E-state index contributed by atoms with van der Waals surface area (Å²) in [4.78, 5) is -0.209. The third kappa shape index (κ3) is 4.59. The van der Waals surface area contributed by atoms with Crippen LogP contribution in [0, 0.1) is 25.5 Å². The van der Waals surface area contributed by atoms with E-state index in [1.165, 1.54) is 50.2 Å². The molecule has 4 aromatic rings. The average Bonchev–Trinajstić information content (AvgIpc) is 2.78. The topological polar surface area (TPSA) is 92.3 Å². The van der Waals surface area contributed by atoms with Crippen molar-refractivity contribution in [1.82, 2.24) is 0 Å². The predicted molar refractivity (Wildman–Crippen MR) is 128 cm³/mol. The largest absolute Gasteiger partial charge is 0.279 e. The van der Waals surface area contributed by atoms with Crippen LogP contribution in [-0.4, -0.2) is 16.8 Å². The third-order valence-electron chi connectivity index (χ3n) is 5.29. The van der Waals surface area contributed by atoms with Crippen molar-refractivity contribution in [3.05, 3.63) is 95.6 Å². The summed E-state index contributed by atoms with van der Waals surface area (Å²) in [6, 6.07) is 16.5. The Hall–Kier alpha value is -3.50. The molecule has 0 radical (unpaired) electrons. The quantitative estimate of drug-likeness (QED) is 0.372. The van der Waals surface area contributed by atoms with Gasteiger partial charge in [-0.1, -0.05) is 24.3 Å². The Balaban J connectivity index is 1.73. The summed E-state index contributed by atoms with van der Waals surface area (Å²) in [5.41, 5.74) is 0.818. The highest BCUT2D eigenvalue weighted by Crippen LogP contribution is 2.33. The summed E-state index contributed by atoms with van der Waals surface area (Å²) >= 11 is 0. The molecule has 0 heterocycles. The summed E-state index contributed by atoms with van der Waals surface area (Å²) in [5.74, 6) is -1.03. The van der Waals surface area contributed by atoms with Gasteiger partial charge in [0.25, 0.3) is 20.0 Å². The molecule has 176 valence electrons. The molecule has 0 aliphatic heterocycles. The number of benzene rings is 4. The van der Waals surface area contributed by atoms with Crippen LogP contribution in [0.3, 0.4) is 0 Å². The minimum Gasteiger partial charge on any atom is -0.279 e. The van der Waals surface area contributed by atoms with Gasteiger partial charge in [0.15, 0.2) is 0 Å². The van der Waals surface area contributed by atoms with Crippen molar-refractivity contribution in [3.63, 3.8) is 0 Å². The molecule has 0 aliphatic rings. The molecule has 0 atom stereocenters. The van der Waals surface area contributed by atoms with Gasteiger partial charge in [0.1, 0.15) is 11.6 Å². The molecule has 0 unspecified atom stereocenters. The lowest BCUT2D eigenvalue weighted by Gasteiger charge is -2.15. The normalized spacial score (nSPS) is 12.0. The van der Waals surface area contributed by atoms with E-state index >= 15 is 0 Å². The van der Waals surface area contributed by atoms with Crippen LogP contribution in [0.1, 0.15) is 11.1 Å². The fourth-order valence-electron chi connectivity index (χ4n) is 3.45. The first-order valence-corrected chi connectivity index (χ1v) is 13.0. The van der Waals surface area contributed by atoms with Gasteiger partial charge < -0.3 is 0 Å². The average molecular weight is 503 g/mol. The molecule has 0 amide bonds. The molecule has 0 aliphatic carbocycles. The van der Waals surface area contributed by atoms with Crippen LogP contribution < -0.4 is 9.44 Å². The summed E-state index contributed by atoms with van der Waals surface area (Å²) in [7, 11) is -8.07. The van der Waals surface area contributed by atoms with E-state index < -0.39 is 31.7 Å².